The first kappa shape index (κ1) is 16.5. The summed E-state index contributed by atoms with van der Waals surface area (Å²) in [6.07, 6.45) is 0.829. The number of ether oxygens (including phenoxy) is 2. The predicted octanol–water partition coefficient (Wildman–Crippen LogP) is 1.34. The van der Waals surface area contributed by atoms with Crippen molar-refractivity contribution in [2.24, 2.45) is 0 Å². The van der Waals surface area contributed by atoms with E-state index >= 15 is 0 Å². The lowest BCUT2D eigenvalue weighted by Crippen LogP contribution is -2.55. The van der Waals surface area contributed by atoms with Gasteiger partial charge >= 0.3 is 5.97 Å². The van der Waals surface area contributed by atoms with Crippen LogP contribution in [0.3, 0.4) is 0 Å². The number of nitrogens with one attached hydrogen (secondary N) is 1. The lowest BCUT2D eigenvalue weighted by Gasteiger charge is -2.36. The lowest BCUT2D eigenvalue weighted by molar-refractivity contribution is -0.165. The zero-order valence-corrected chi connectivity index (χ0v) is 12.6. The van der Waals surface area contributed by atoms with Crippen molar-refractivity contribution in [1.82, 2.24) is 5.32 Å². The van der Waals surface area contributed by atoms with Gasteiger partial charge in [-0.25, -0.2) is 0 Å². The van der Waals surface area contributed by atoms with Crippen LogP contribution in [0.4, 0.5) is 0 Å². The Kier molecular flexibility index (Phi) is 5.51. The number of amides is 1. The van der Waals surface area contributed by atoms with Crippen molar-refractivity contribution in [3.05, 3.63) is 35.9 Å². The molecule has 6 nitrogen and oxygen atoms in total. The van der Waals surface area contributed by atoms with E-state index in [9.17, 15) is 9.59 Å². The quantitative estimate of drug-likeness (QED) is 0.828. The summed E-state index contributed by atoms with van der Waals surface area (Å²) < 4.78 is 11.2. The van der Waals surface area contributed by atoms with Crippen molar-refractivity contribution >= 4 is 11.9 Å². The van der Waals surface area contributed by atoms with Gasteiger partial charge < -0.3 is 19.9 Å². The van der Waals surface area contributed by atoms with Crippen molar-refractivity contribution in [2.75, 3.05) is 13.2 Å². The highest BCUT2D eigenvalue weighted by molar-refractivity contribution is 5.89. The molecule has 2 N–H and O–H groups in total. The molecular weight excluding hydrogens is 286 g/mol. The third-order valence-corrected chi connectivity index (χ3v) is 3.79. The molecule has 2 rings (SSSR count). The highest BCUT2D eigenvalue weighted by Gasteiger charge is 2.42. The second-order valence-electron chi connectivity index (χ2n) is 5.41. The second kappa shape index (κ2) is 7.38. The molecule has 1 saturated heterocycles. The van der Waals surface area contributed by atoms with E-state index in [1.54, 1.807) is 0 Å². The molecule has 0 aliphatic carbocycles. The second-order valence-corrected chi connectivity index (χ2v) is 5.41. The monoisotopic (exact) mass is 307 g/mol. The van der Waals surface area contributed by atoms with Gasteiger partial charge in [-0.3, -0.25) is 9.59 Å². The molecule has 0 saturated carbocycles. The minimum absolute atomic E-state index is 0.301. The van der Waals surface area contributed by atoms with Crippen LogP contribution in [0, 0.1) is 0 Å². The zero-order chi connectivity index (χ0) is 16.0. The van der Waals surface area contributed by atoms with Crippen molar-refractivity contribution in [3.8, 4) is 0 Å². The molecule has 6 heteroatoms. The van der Waals surface area contributed by atoms with Crippen LogP contribution in [-0.2, 0) is 25.7 Å². The number of aliphatic carboxylic acids is 1. The number of carboxylic acid groups (broad SMARTS) is 1. The maximum Gasteiger partial charge on any atom is 0.325 e. The molecule has 1 aliphatic heterocycles. The summed E-state index contributed by atoms with van der Waals surface area (Å²) in [6.45, 7) is 2.58. The third kappa shape index (κ3) is 4.05. The molecular formula is C16H21NO5. The topological polar surface area (TPSA) is 84.9 Å². The number of benzene rings is 1. The molecule has 0 spiro atoms. The van der Waals surface area contributed by atoms with E-state index in [4.69, 9.17) is 14.6 Å². The molecule has 1 aromatic rings. The summed E-state index contributed by atoms with van der Waals surface area (Å²) >= 11 is 0. The Morgan fingerprint density at radius 2 is 1.95 bits per heavy atom. The van der Waals surface area contributed by atoms with Gasteiger partial charge in [0, 0.05) is 26.1 Å². The first-order chi connectivity index (χ1) is 10.5. The third-order valence-electron chi connectivity index (χ3n) is 3.79. The fraction of sp³-hybridized carbons (Fsp3) is 0.500. The molecule has 0 bridgehead atoms. The van der Waals surface area contributed by atoms with Crippen LogP contribution in [0.15, 0.2) is 30.3 Å². The van der Waals surface area contributed by atoms with E-state index in [1.807, 2.05) is 30.3 Å². The van der Waals surface area contributed by atoms with Crippen LogP contribution < -0.4 is 5.32 Å². The van der Waals surface area contributed by atoms with Crippen molar-refractivity contribution in [2.45, 2.75) is 38.0 Å². The number of carbonyl (C=O) groups is 2. The van der Waals surface area contributed by atoms with Gasteiger partial charge in [0.25, 0.3) is 5.91 Å². The number of carboxylic acids is 1. The molecule has 120 valence electrons. The summed E-state index contributed by atoms with van der Waals surface area (Å²) in [7, 11) is 0. The van der Waals surface area contributed by atoms with Gasteiger partial charge in [-0.1, -0.05) is 30.3 Å². The van der Waals surface area contributed by atoms with Crippen LogP contribution in [0.25, 0.3) is 0 Å². The highest BCUT2D eigenvalue weighted by atomic mass is 16.5. The molecule has 0 radical (unpaired) electrons. The van der Waals surface area contributed by atoms with Gasteiger partial charge in [0.2, 0.25) is 0 Å². The van der Waals surface area contributed by atoms with Crippen LogP contribution in [-0.4, -0.2) is 41.8 Å². The number of rotatable bonds is 6. The van der Waals surface area contributed by atoms with E-state index in [-0.39, 0.29) is 5.91 Å². The Labute approximate surface area is 129 Å². The molecule has 1 heterocycles. The smallest absolute Gasteiger partial charge is 0.325 e. The van der Waals surface area contributed by atoms with Crippen molar-refractivity contribution < 1.29 is 24.2 Å². The van der Waals surface area contributed by atoms with Crippen LogP contribution in [0.2, 0.25) is 0 Å². The summed E-state index contributed by atoms with van der Waals surface area (Å²) in [6, 6.07) is 8.61. The Bertz CT molecular complexity index is 511. The van der Waals surface area contributed by atoms with Crippen molar-refractivity contribution in [3.63, 3.8) is 0 Å². The predicted molar refractivity (Wildman–Crippen MR) is 79.3 cm³/mol. The van der Waals surface area contributed by atoms with Crippen LogP contribution in [0.5, 0.6) is 0 Å². The summed E-state index contributed by atoms with van der Waals surface area (Å²) in [5, 5.41) is 11.4. The molecule has 1 amide bonds. The van der Waals surface area contributed by atoms with Gasteiger partial charge in [0.15, 0.2) is 5.60 Å². The van der Waals surface area contributed by atoms with Gasteiger partial charge in [0.1, 0.15) is 6.04 Å². The van der Waals surface area contributed by atoms with E-state index in [2.05, 4.69) is 5.32 Å². The molecule has 1 aliphatic rings. The summed E-state index contributed by atoms with van der Waals surface area (Å²) in [4.78, 5) is 23.4. The largest absolute Gasteiger partial charge is 0.480 e. The maximum atomic E-state index is 12.5. The minimum Gasteiger partial charge on any atom is -0.480 e. The van der Waals surface area contributed by atoms with E-state index in [0.717, 1.165) is 5.56 Å². The Balaban J connectivity index is 2.06. The molecule has 1 atom stereocenters. The SMILES string of the molecule is C[C@@H](NC(=O)C1(OCc2ccccc2)CCOCC1)C(=O)O. The van der Waals surface area contributed by atoms with Gasteiger partial charge in [0.05, 0.1) is 6.61 Å². The maximum absolute atomic E-state index is 12.5. The van der Waals surface area contributed by atoms with Gasteiger partial charge in [-0.2, -0.15) is 0 Å². The Morgan fingerprint density at radius 1 is 1.32 bits per heavy atom. The summed E-state index contributed by atoms with van der Waals surface area (Å²) in [5.41, 5.74) is -0.0647. The molecule has 0 aromatic heterocycles. The van der Waals surface area contributed by atoms with Crippen LogP contribution in [0.1, 0.15) is 25.3 Å². The normalized spacial score (nSPS) is 18.4. The van der Waals surface area contributed by atoms with Gasteiger partial charge in [-0.15, -0.1) is 0 Å². The van der Waals surface area contributed by atoms with E-state index in [0.29, 0.717) is 32.7 Å². The Morgan fingerprint density at radius 3 is 2.55 bits per heavy atom. The van der Waals surface area contributed by atoms with Gasteiger partial charge in [-0.05, 0) is 12.5 Å². The average molecular weight is 307 g/mol. The summed E-state index contributed by atoms with van der Waals surface area (Å²) in [5.74, 6) is -1.46. The molecule has 1 aromatic carbocycles. The first-order valence-electron chi connectivity index (χ1n) is 7.33. The van der Waals surface area contributed by atoms with E-state index < -0.39 is 17.6 Å². The molecule has 1 fully saturated rings. The highest BCUT2D eigenvalue weighted by Crippen LogP contribution is 2.27. The number of hydrogen-bond acceptors (Lipinski definition) is 4. The first-order valence-corrected chi connectivity index (χ1v) is 7.33. The minimum atomic E-state index is -1.07. The van der Waals surface area contributed by atoms with Crippen LogP contribution >= 0.6 is 0 Å². The number of carbonyl (C=O) groups excluding carboxylic acids is 1. The standard InChI is InChI=1S/C16H21NO5/c1-12(14(18)19)17-15(20)16(7-9-21-10-8-16)22-11-13-5-3-2-4-6-13/h2-6,12H,7-11H2,1H3,(H,17,20)(H,18,19)/t12-/m1/s1. The molecule has 0 unspecified atom stereocenters. The molecule has 22 heavy (non-hydrogen) atoms. The average Bonchev–Trinajstić information content (AvgIpc) is 2.54. The van der Waals surface area contributed by atoms with E-state index in [1.165, 1.54) is 6.92 Å². The fourth-order valence-corrected chi connectivity index (χ4v) is 2.32. The fourth-order valence-electron chi connectivity index (χ4n) is 2.32. The van der Waals surface area contributed by atoms with Crippen molar-refractivity contribution in [1.29, 1.82) is 0 Å². The number of hydrogen-bond donors (Lipinski definition) is 2. The Hall–Kier alpha value is -1.92. The zero-order valence-electron chi connectivity index (χ0n) is 12.6. The lowest BCUT2D eigenvalue weighted by atomic mass is 9.92.